The van der Waals surface area contributed by atoms with E-state index in [1.807, 2.05) is 30.5 Å². The molecule has 0 aliphatic rings. The van der Waals surface area contributed by atoms with Gasteiger partial charge in [0.15, 0.2) is 0 Å². The molecule has 0 bridgehead atoms. The molecule has 0 radical (unpaired) electrons. The van der Waals surface area contributed by atoms with Crippen LogP contribution in [0.3, 0.4) is 0 Å². The highest BCUT2D eigenvalue weighted by Gasteiger charge is 2.18. The second kappa shape index (κ2) is 5.32. The molecule has 2 aromatic heterocycles. The van der Waals surface area contributed by atoms with Crippen molar-refractivity contribution in [2.45, 2.75) is 39.7 Å². The van der Waals surface area contributed by atoms with Crippen molar-refractivity contribution >= 4 is 22.2 Å². The predicted octanol–water partition coefficient (Wildman–Crippen LogP) is 3.51. The summed E-state index contributed by atoms with van der Waals surface area (Å²) in [6.07, 6.45) is 1.61. The molecule has 3 aromatic rings. The Kier molecular flexibility index (Phi) is 3.60. The first-order valence-corrected chi connectivity index (χ1v) is 8.13. The first-order chi connectivity index (χ1) is 10.3. The zero-order valence-electron chi connectivity index (χ0n) is 13.3. The summed E-state index contributed by atoms with van der Waals surface area (Å²) >= 11 is 1.64. The summed E-state index contributed by atoms with van der Waals surface area (Å²) in [5.74, 6) is 0. The fraction of sp³-hybridized carbons (Fsp3) is 0.353. The highest BCUT2D eigenvalue weighted by Crippen LogP contribution is 2.25. The van der Waals surface area contributed by atoms with E-state index >= 15 is 0 Å². The van der Waals surface area contributed by atoms with Crippen LogP contribution in [0.25, 0.3) is 10.9 Å². The number of rotatable bonds is 2. The SMILES string of the molecule is Cc1ccc2ncn(Cc3csc(C(C)(C)C)n3)c(=O)c2c1. The Balaban J connectivity index is 1.99. The lowest BCUT2D eigenvalue weighted by Crippen LogP contribution is -2.21. The second-order valence-corrected chi connectivity index (χ2v) is 7.45. The first-order valence-electron chi connectivity index (χ1n) is 7.25. The Morgan fingerprint density at radius 1 is 1.27 bits per heavy atom. The molecule has 0 aliphatic carbocycles. The van der Waals surface area contributed by atoms with E-state index in [1.54, 1.807) is 22.2 Å². The molecule has 0 saturated carbocycles. The number of aromatic nitrogens is 3. The van der Waals surface area contributed by atoms with Gasteiger partial charge in [0, 0.05) is 10.8 Å². The summed E-state index contributed by atoms with van der Waals surface area (Å²) in [5.41, 5.74) is 2.73. The summed E-state index contributed by atoms with van der Waals surface area (Å²) in [4.78, 5) is 21.6. The van der Waals surface area contributed by atoms with Crippen LogP contribution < -0.4 is 5.56 Å². The van der Waals surface area contributed by atoms with Crippen molar-refractivity contribution in [3.8, 4) is 0 Å². The van der Waals surface area contributed by atoms with Gasteiger partial charge in [-0.2, -0.15) is 0 Å². The van der Waals surface area contributed by atoms with E-state index < -0.39 is 0 Å². The Morgan fingerprint density at radius 3 is 2.73 bits per heavy atom. The third-order valence-corrected chi connectivity index (χ3v) is 4.82. The number of hydrogen-bond acceptors (Lipinski definition) is 4. The monoisotopic (exact) mass is 313 g/mol. The molecule has 5 heteroatoms. The van der Waals surface area contributed by atoms with Crippen LogP contribution in [-0.2, 0) is 12.0 Å². The van der Waals surface area contributed by atoms with E-state index in [-0.39, 0.29) is 11.0 Å². The van der Waals surface area contributed by atoms with E-state index in [0.29, 0.717) is 11.9 Å². The average molecular weight is 313 g/mol. The van der Waals surface area contributed by atoms with Crippen LogP contribution in [0.1, 0.15) is 37.0 Å². The number of aryl methyl sites for hydroxylation is 1. The Bertz CT molecular complexity index is 887. The first kappa shape index (κ1) is 14.9. The molecule has 0 amide bonds. The molecule has 0 unspecified atom stereocenters. The van der Waals surface area contributed by atoms with Crippen molar-refractivity contribution in [2.75, 3.05) is 0 Å². The van der Waals surface area contributed by atoms with E-state index in [0.717, 1.165) is 21.8 Å². The molecule has 2 heterocycles. The summed E-state index contributed by atoms with van der Waals surface area (Å²) in [6.45, 7) is 8.86. The van der Waals surface area contributed by atoms with E-state index in [9.17, 15) is 4.79 Å². The van der Waals surface area contributed by atoms with Gasteiger partial charge >= 0.3 is 0 Å². The lowest BCUT2D eigenvalue weighted by atomic mass is 9.98. The van der Waals surface area contributed by atoms with Gasteiger partial charge in [0.25, 0.3) is 5.56 Å². The summed E-state index contributed by atoms with van der Waals surface area (Å²) < 4.78 is 1.63. The molecule has 4 nitrogen and oxygen atoms in total. The fourth-order valence-corrected chi connectivity index (χ4v) is 3.18. The van der Waals surface area contributed by atoms with Crippen LogP contribution in [-0.4, -0.2) is 14.5 Å². The predicted molar refractivity (Wildman–Crippen MR) is 90.7 cm³/mol. The number of fused-ring (bicyclic) bond motifs is 1. The second-order valence-electron chi connectivity index (χ2n) is 6.59. The summed E-state index contributed by atoms with van der Waals surface area (Å²) in [6, 6.07) is 5.74. The molecule has 3 rings (SSSR count). The Hall–Kier alpha value is -2.01. The van der Waals surface area contributed by atoms with Crippen LogP contribution in [0.15, 0.2) is 34.7 Å². The maximum atomic E-state index is 12.6. The van der Waals surface area contributed by atoms with Gasteiger partial charge in [-0.3, -0.25) is 9.36 Å². The highest BCUT2D eigenvalue weighted by atomic mass is 32.1. The molecule has 114 valence electrons. The van der Waals surface area contributed by atoms with Crippen LogP contribution in [0.2, 0.25) is 0 Å². The van der Waals surface area contributed by atoms with Crippen molar-refractivity contribution in [1.29, 1.82) is 0 Å². The number of benzene rings is 1. The van der Waals surface area contributed by atoms with Crippen molar-refractivity contribution < 1.29 is 0 Å². The minimum absolute atomic E-state index is 0.0148. The van der Waals surface area contributed by atoms with Crippen LogP contribution in [0, 0.1) is 6.92 Å². The minimum atomic E-state index is -0.0148. The smallest absolute Gasteiger partial charge is 0.261 e. The maximum absolute atomic E-state index is 12.6. The molecule has 0 saturated heterocycles. The van der Waals surface area contributed by atoms with E-state index in [4.69, 9.17) is 0 Å². The Labute approximate surface area is 133 Å². The third-order valence-electron chi connectivity index (χ3n) is 3.51. The molecule has 0 spiro atoms. The van der Waals surface area contributed by atoms with Crippen molar-refractivity contribution in [3.05, 3.63) is 56.5 Å². The van der Waals surface area contributed by atoms with Gasteiger partial charge in [0.1, 0.15) is 0 Å². The van der Waals surface area contributed by atoms with Gasteiger partial charge in [-0.05, 0) is 19.1 Å². The third kappa shape index (κ3) is 2.81. The molecule has 0 aliphatic heterocycles. The summed E-state index contributed by atoms with van der Waals surface area (Å²) in [5, 5.41) is 3.77. The van der Waals surface area contributed by atoms with Gasteiger partial charge in [0.2, 0.25) is 0 Å². The summed E-state index contributed by atoms with van der Waals surface area (Å²) in [7, 11) is 0. The largest absolute Gasteiger partial charge is 0.293 e. The van der Waals surface area contributed by atoms with Gasteiger partial charge in [-0.15, -0.1) is 11.3 Å². The van der Waals surface area contributed by atoms with E-state index in [1.165, 1.54) is 0 Å². The minimum Gasteiger partial charge on any atom is -0.293 e. The molecular weight excluding hydrogens is 294 g/mol. The standard InChI is InChI=1S/C17H19N3OS/c1-11-5-6-14-13(7-11)15(21)20(10-18-14)8-12-9-22-16(19-12)17(2,3)4/h5-7,9-10H,8H2,1-4H3. The Morgan fingerprint density at radius 2 is 2.05 bits per heavy atom. The fourth-order valence-electron chi connectivity index (χ4n) is 2.28. The molecular formula is C17H19N3OS. The van der Waals surface area contributed by atoms with Crippen molar-refractivity contribution in [3.63, 3.8) is 0 Å². The van der Waals surface area contributed by atoms with E-state index in [2.05, 4.69) is 30.7 Å². The number of hydrogen-bond donors (Lipinski definition) is 0. The van der Waals surface area contributed by atoms with Gasteiger partial charge in [-0.1, -0.05) is 32.4 Å². The lowest BCUT2D eigenvalue weighted by Gasteiger charge is -2.13. The van der Waals surface area contributed by atoms with Gasteiger partial charge in [-0.25, -0.2) is 9.97 Å². The van der Waals surface area contributed by atoms with Crippen LogP contribution in [0.4, 0.5) is 0 Å². The molecule has 0 N–H and O–H groups in total. The van der Waals surface area contributed by atoms with Crippen LogP contribution in [0.5, 0.6) is 0 Å². The zero-order chi connectivity index (χ0) is 15.9. The normalized spacial score (nSPS) is 12.0. The highest BCUT2D eigenvalue weighted by molar-refractivity contribution is 7.09. The molecule has 0 atom stereocenters. The average Bonchev–Trinajstić information content (AvgIpc) is 2.91. The topological polar surface area (TPSA) is 47.8 Å². The molecule has 22 heavy (non-hydrogen) atoms. The van der Waals surface area contributed by atoms with Gasteiger partial charge in [0.05, 0.1) is 34.5 Å². The number of nitrogens with zero attached hydrogens (tertiary/aromatic N) is 3. The lowest BCUT2D eigenvalue weighted by molar-refractivity contribution is 0.580. The quantitative estimate of drug-likeness (QED) is 0.727. The number of thiazole rings is 1. The van der Waals surface area contributed by atoms with Gasteiger partial charge < -0.3 is 0 Å². The van der Waals surface area contributed by atoms with Crippen LogP contribution >= 0.6 is 11.3 Å². The van der Waals surface area contributed by atoms with Crippen molar-refractivity contribution in [2.24, 2.45) is 0 Å². The molecule has 0 fully saturated rings. The zero-order valence-corrected chi connectivity index (χ0v) is 14.1. The maximum Gasteiger partial charge on any atom is 0.261 e. The molecule has 1 aromatic carbocycles. The van der Waals surface area contributed by atoms with Crippen molar-refractivity contribution in [1.82, 2.24) is 14.5 Å².